The van der Waals surface area contributed by atoms with Crippen LogP contribution in [0.5, 0.6) is 0 Å². The van der Waals surface area contributed by atoms with Crippen molar-refractivity contribution in [2.75, 3.05) is 26.2 Å². The van der Waals surface area contributed by atoms with E-state index in [1.165, 1.54) is 0 Å². The number of carbonyl (C=O) groups is 2. The predicted molar refractivity (Wildman–Crippen MR) is 103 cm³/mol. The van der Waals surface area contributed by atoms with Gasteiger partial charge in [-0.15, -0.1) is 12.4 Å². The first-order valence-electron chi connectivity index (χ1n) is 8.72. The second kappa shape index (κ2) is 9.71. The van der Waals surface area contributed by atoms with E-state index >= 15 is 0 Å². The van der Waals surface area contributed by atoms with Crippen LogP contribution in [0.15, 0.2) is 48.8 Å². The number of rotatable bonds is 4. The van der Waals surface area contributed by atoms with Gasteiger partial charge in [0, 0.05) is 37.6 Å². The van der Waals surface area contributed by atoms with Crippen molar-refractivity contribution in [3.05, 3.63) is 65.5 Å². The summed E-state index contributed by atoms with van der Waals surface area (Å²) >= 11 is 0. The molecular weight excluding hydrogens is 409 g/mol. The van der Waals surface area contributed by atoms with Crippen molar-refractivity contribution in [3.63, 3.8) is 0 Å². The van der Waals surface area contributed by atoms with Gasteiger partial charge in [0.1, 0.15) is 0 Å². The Labute approximate surface area is 171 Å². The molecule has 3 rings (SSSR count). The molecule has 2 amide bonds. The quantitative estimate of drug-likeness (QED) is 0.784. The molecule has 29 heavy (non-hydrogen) atoms. The summed E-state index contributed by atoms with van der Waals surface area (Å²) in [6, 6.07) is 7.33. The van der Waals surface area contributed by atoms with Gasteiger partial charge in [0.05, 0.1) is 18.2 Å². The molecule has 0 aliphatic carbocycles. The molecule has 0 saturated carbocycles. The van der Waals surface area contributed by atoms with E-state index in [4.69, 9.17) is 0 Å². The number of pyridine rings is 1. The average Bonchev–Trinajstić information content (AvgIpc) is 2.72. The molecule has 0 spiro atoms. The summed E-state index contributed by atoms with van der Waals surface area (Å²) in [6.07, 6.45) is -1.12. The summed E-state index contributed by atoms with van der Waals surface area (Å²) in [7, 11) is 0. The maximum Gasteiger partial charge on any atom is 0.416 e. The maximum absolute atomic E-state index is 12.6. The molecule has 1 aliphatic rings. The Bertz CT molecular complexity index is 832. The number of hydrogen-bond acceptors (Lipinski definition) is 4. The van der Waals surface area contributed by atoms with Crippen LogP contribution in [0.3, 0.4) is 0 Å². The fourth-order valence-corrected chi connectivity index (χ4v) is 3.04. The molecule has 2 N–H and O–H groups in total. The summed E-state index contributed by atoms with van der Waals surface area (Å²) in [5.41, 5.74) is 0.113. The second-order valence-corrected chi connectivity index (χ2v) is 6.35. The molecule has 2 aromatic rings. The third-order valence-electron chi connectivity index (χ3n) is 4.51. The van der Waals surface area contributed by atoms with Gasteiger partial charge in [-0.05, 0) is 35.9 Å². The van der Waals surface area contributed by atoms with E-state index in [1.54, 1.807) is 23.4 Å². The predicted octanol–water partition coefficient (Wildman–Crippen LogP) is 2.43. The fraction of sp³-hybridized carbons (Fsp3) is 0.316. The molecule has 1 aromatic heterocycles. The molecule has 1 aromatic carbocycles. The Morgan fingerprint density at radius 2 is 1.93 bits per heavy atom. The van der Waals surface area contributed by atoms with E-state index in [-0.39, 0.29) is 36.5 Å². The molecule has 0 bridgehead atoms. The number of alkyl halides is 3. The largest absolute Gasteiger partial charge is 0.416 e. The van der Waals surface area contributed by atoms with Crippen molar-refractivity contribution in [3.8, 4) is 0 Å². The van der Waals surface area contributed by atoms with Crippen LogP contribution in [0.1, 0.15) is 27.5 Å². The van der Waals surface area contributed by atoms with Crippen LogP contribution in [-0.2, 0) is 11.0 Å². The van der Waals surface area contributed by atoms with Crippen LogP contribution in [0.4, 0.5) is 13.2 Å². The SMILES string of the molecule is Cl.O=C(NCC(=O)N1CCNCC1c1cccnc1)c1ccc(C(F)(F)F)cc1. The fourth-order valence-electron chi connectivity index (χ4n) is 3.04. The van der Waals surface area contributed by atoms with Gasteiger partial charge in [0.15, 0.2) is 0 Å². The van der Waals surface area contributed by atoms with Crippen LogP contribution in [0.25, 0.3) is 0 Å². The summed E-state index contributed by atoms with van der Waals surface area (Å²) < 4.78 is 37.8. The number of aromatic nitrogens is 1. The first kappa shape index (κ1) is 22.6. The monoisotopic (exact) mass is 428 g/mol. The van der Waals surface area contributed by atoms with E-state index in [0.29, 0.717) is 19.6 Å². The smallest absolute Gasteiger partial charge is 0.343 e. The first-order chi connectivity index (χ1) is 13.4. The number of nitrogens with zero attached hydrogens (tertiary/aromatic N) is 2. The number of nitrogens with one attached hydrogen (secondary N) is 2. The lowest BCUT2D eigenvalue weighted by Crippen LogP contribution is -2.51. The highest BCUT2D eigenvalue weighted by molar-refractivity contribution is 5.96. The third-order valence-corrected chi connectivity index (χ3v) is 4.51. The lowest BCUT2D eigenvalue weighted by molar-refractivity contribution is -0.137. The summed E-state index contributed by atoms with van der Waals surface area (Å²) in [4.78, 5) is 30.5. The van der Waals surface area contributed by atoms with Gasteiger partial charge >= 0.3 is 6.18 Å². The maximum atomic E-state index is 12.6. The Balaban J connectivity index is 0.00000300. The number of carbonyl (C=O) groups excluding carboxylic acids is 2. The van der Waals surface area contributed by atoms with Gasteiger partial charge in [-0.25, -0.2) is 0 Å². The van der Waals surface area contributed by atoms with Crippen molar-refractivity contribution in [1.82, 2.24) is 20.5 Å². The van der Waals surface area contributed by atoms with Gasteiger partial charge in [0.2, 0.25) is 5.91 Å². The lowest BCUT2D eigenvalue weighted by Gasteiger charge is -2.36. The van der Waals surface area contributed by atoms with Gasteiger partial charge in [-0.1, -0.05) is 6.07 Å². The molecule has 1 atom stereocenters. The zero-order chi connectivity index (χ0) is 20.1. The van der Waals surface area contributed by atoms with Crippen LogP contribution < -0.4 is 10.6 Å². The van der Waals surface area contributed by atoms with E-state index in [1.807, 2.05) is 6.07 Å². The lowest BCUT2D eigenvalue weighted by atomic mass is 10.1. The van der Waals surface area contributed by atoms with E-state index in [9.17, 15) is 22.8 Å². The molecular formula is C19H20ClF3N4O2. The highest BCUT2D eigenvalue weighted by Gasteiger charge is 2.30. The number of piperazine rings is 1. The molecule has 2 heterocycles. The standard InChI is InChI=1S/C19H19F3N4O2.ClH/c20-19(21,22)15-5-3-13(4-6-15)18(28)25-12-17(27)26-9-8-24-11-16(26)14-2-1-7-23-10-14;/h1-7,10,16,24H,8-9,11-12H2,(H,25,28);1H. The Morgan fingerprint density at radius 3 is 2.55 bits per heavy atom. The average molecular weight is 429 g/mol. The Hall–Kier alpha value is -2.65. The van der Waals surface area contributed by atoms with Gasteiger partial charge < -0.3 is 15.5 Å². The minimum atomic E-state index is -4.46. The molecule has 0 radical (unpaired) electrons. The minimum absolute atomic E-state index is 0. The van der Waals surface area contributed by atoms with E-state index in [0.717, 1.165) is 29.8 Å². The highest BCUT2D eigenvalue weighted by Crippen LogP contribution is 2.29. The normalized spacial score (nSPS) is 16.7. The topological polar surface area (TPSA) is 74.3 Å². The minimum Gasteiger partial charge on any atom is -0.343 e. The van der Waals surface area contributed by atoms with Gasteiger partial charge in [-0.2, -0.15) is 13.2 Å². The molecule has 6 nitrogen and oxygen atoms in total. The first-order valence-corrected chi connectivity index (χ1v) is 8.72. The van der Waals surface area contributed by atoms with Crippen molar-refractivity contribution in [1.29, 1.82) is 0 Å². The van der Waals surface area contributed by atoms with Crippen LogP contribution in [-0.4, -0.2) is 47.9 Å². The van der Waals surface area contributed by atoms with Crippen molar-refractivity contribution < 1.29 is 22.8 Å². The van der Waals surface area contributed by atoms with Crippen LogP contribution >= 0.6 is 12.4 Å². The summed E-state index contributed by atoms with van der Waals surface area (Å²) in [6.45, 7) is 1.45. The van der Waals surface area contributed by atoms with Crippen LogP contribution in [0.2, 0.25) is 0 Å². The third kappa shape index (κ3) is 5.68. The van der Waals surface area contributed by atoms with Gasteiger partial charge in [0.25, 0.3) is 5.91 Å². The zero-order valence-corrected chi connectivity index (χ0v) is 16.1. The molecule has 1 fully saturated rings. The van der Waals surface area contributed by atoms with Crippen molar-refractivity contribution >= 4 is 24.2 Å². The molecule has 1 aliphatic heterocycles. The number of hydrogen-bond donors (Lipinski definition) is 2. The Kier molecular flexibility index (Phi) is 7.58. The van der Waals surface area contributed by atoms with E-state index in [2.05, 4.69) is 15.6 Å². The Morgan fingerprint density at radius 1 is 1.21 bits per heavy atom. The molecule has 1 unspecified atom stereocenters. The number of halogens is 4. The summed E-state index contributed by atoms with van der Waals surface area (Å²) in [5, 5.41) is 5.70. The molecule has 156 valence electrons. The summed E-state index contributed by atoms with van der Waals surface area (Å²) in [5.74, 6) is -0.870. The second-order valence-electron chi connectivity index (χ2n) is 6.35. The zero-order valence-electron chi connectivity index (χ0n) is 15.3. The number of benzene rings is 1. The van der Waals surface area contributed by atoms with Crippen molar-refractivity contribution in [2.45, 2.75) is 12.2 Å². The highest BCUT2D eigenvalue weighted by atomic mass is 35.5. The number of amides is 2. The van der Waals surface area contributed by atoms with E-state index < -0.39 is 17.6 Å². The van der Waals surface area contributed by atoms with Crippen LogP contribution in [0, 0.1) is 0 Å². The molecule has 1 saturated heterocycles. The molecule has 10 heteroatoms. The van der Waals surface area contributed by atoms with Gasteiger partial charge in [-0.3, -0.25) is 14.6 Å². The van der Waals surface area contributed by atoms with Crippen molar-refractivity contribution in [2.24, 2.45) is 0 Å².